The summed E-state index contributed by atoms with van der Waals surface area (Å²) in [4.78, 5) is 11.7. The second-order valence-electron chi connectivity index (χ2n) is 8.00. The monoisotopic (exact) mass is 454 g/mol. The molecule has 34 heavy (non-hydrogen) atoms. The number of fused-ring (bicyclic) bond motifs is 1. The Morgan fingerprint density at radius 2 is 1.82 bits per heavy atom. The van der Waals surface area contributed by atoms with Crippen molar-refractivity contribution in [1.82, 2.24) is 19.8 Å². The number of ether oxygens (including phenoxy) is 1. The molecule has 0 radical (unpaired) electrons. The third kappa shape index (κ3) is 4.78. The van der Waals surface area contributed by atoms with Crippen molar-refractivity contribution in [3.05, 3.63) is 91.0 Å². The quantitative estimate of drug-likeness (QED) is 0.280. The summed E-state index contributed by atoms with van der Waals surface area (Å²) >= 11 is 0. The van der Waals surface area contributed by atoms with Crippen molar-refractivity contribution in [2.75, 3.05) is 36.5 Å². The zero-order chi connectivity index (χ0) is 23.3. The summed E-state index contributed by atoms with van der Waals surface area (Å²) in [6, 6.07) is 16.4. The van der Waals surface area contributed by atoms with E-state index in [0.29, 0.717) is 11.5 Å². The Kier molecular flexibility index (Phi) is 6.24. The van der Waals surface area contributed by atoms with Gasteiger partial charge >= 0.3 is 0 Å². The molecule has 1 saturated heterocycles. The van der Waals surface area contributed by atoms with Gasteiger partial charge in [-0.1, -0.05) is 36.9 Å². The van der Waals surface area contributed by atoms with Crippen LogP contribution < -0.4 is 15.7 Å². The minimum Gasteiger partial charge on any atom is -0.378 e. The highest BCUT2D eigenvalue weighted by Gasteiger charge is 2.12. The number of allylic oxidation sites excluding steroid dienone is 1. The van der Waals surface area contributed by atoms with E-state index in [1.54, 1.807) is 12.3 Å². The third-order valence-electron chi connectivity index (χ3n) is 5.71. The van der Waals surface area contributed by atoms with Crippen molar-refractivity contribution in [2.45, 2.75) is 0 Å². The molecular weight excluding hydrogens is 428 g/mol. The van der Waals surface area contributed by atoms with Gasteiger partial charge in [0.1, 0.15) is 0 Å². The van der Waals surface area contributed by atoms with Crippen LogP contribution >= 0.6 is 0 Å². The molecule has 4 aromatic rings. The number of imidazole rings is 1. The zero-order valence-electron chi connectivity index (χ0n) is 18.7. The molecule has 1 fully saturated rings. The molecule has 0 bridgehead atoms. The van der Waals surface area contributed by atoms with Gasteiger partial charge < -0.3 is 19.4 Å². The van der Waals surface area contributed by atoms with E-state index in [1.807, 2.05) is 52.6 Å². The zero-order valence-corrected chi connectivity index (χ0v) is 18.7. The molecule has 0 atom stereocenters. The molecule has 0 unspecified atom stereocenters. The number of nitrogens with one attached hydrogen (secondary N) is 2. The summed E-state index contributed by atoms with van der Waals surface area (Å²) in [5.74, 6) is 0.691. The molecule has 8 heteroatoms. The smallest absolute Gasteiger partial charge is 0.180 e. The van der Waals surface area contributed by atoms with Gasteiger partial charge in [0, 0.05) is 48.6 Å². The lowest BCUT2D eigenvalue weighted by molar-refractivity contribution is 0.122. The van der Waals surface area contributed by atoms with E-state index in [0.717, 1.165) is 54.5 Å². The summed E-state index contributed by atoms with van der Waals surface area (Å²) in [5, 5.41) is 12.3. The molecule has 1 aliphatic rings. The molecule has 0 spiro atoms. The fourth-order valence-electron chi connectivity index (χ4n) is 3.87. The van der Waals surface area contributed by atoms with Gasteiger partial charge in [-0.25, -0.2) is 9.97 Å². The second-order valence-corrected chi connectivity index (χ2v) is 8.00. The molecule has 8 nitrogen and oxygen atoms in total. The summed E-state index contributed by atoms with van der Waals surface area (Å²) in [5.41, 5.74) is 8.14. The molecule has 2 aromatic carbocycles. The number of benzene rings is 2. The maximum absolute atomic E-state index is 8.85. The van der Waals surface area contributed by atoms with Gasteiger partial charge in [0.05, 0.1) is 24.6 Å². The molecule has 0 amide bonds. The van der Waals surface area contributed by atoms with Gasteiger partial charge in [0.15, 0.2) is 11.5 Å². The number of hydrogen-bond donors (Lipinski definition) is 3. The lowest BCUT2D eigenvalue weighted by Gasteiger charge is -2.28. The SMILES string of the molecule is C=C(/C=C/c1ccc(-c2cn3ccnc3c(Nc3ccc(N4CCOCC4)cc3)n2)cc1)NO. The van der Waals surface area contributed by atoms with Crippen LogP contribution in [-0.2, 0) is 4.74 Å². The van der Waals surface area contributed by atoms with E-state index >= 15 is 0 Å². The number of hydrogen-bond acceptors (Lipinski definition) is 7. The highest BCUT2D eigenvalue weighted by molar-refractivity contribution is 5.74. The van der Waals surface area contributed by atoms with E-state index in [9.17, 15) is 0 Å². The number of aromatic nitrogens is 3. The van der Waals surface area contributed by atoms with Crippen LogP contribution in [0.3, 0.4) is 0 Å². The van der Waals surface area contributed by atoms with E-state index < -0.39 is 0 Å². The molecule has 2 aromatic heterocycles. The van der Waals surface area contributed by atoms with Crippen LogP contribution in [0.5, 0.6) is 0 Å². The molecule has 0 saturated carbocycles. The standard InChI is InChI=1S/C26H26N6O2/c1-19(30-33)2-3-20-4-6-21(7-5-20)24-18-32-13-12-27-26(32)25(29-24)28-22-8-10-23(11-9-22)31-14-16-34-17-15-31/h2-13,18,30,33H,1,14-17H2,(H,28,29)/b3-2+. The van der Waals surface area contributed by atoms with E-state index in [4.69, 9.17) is 14.9 Å². The first-order valence-corrected chi connectivity index (χ1v) is 11.1. The molecule has 3 heterocycles. The average Bonchev–Trinajstić information content (AvgIpc) is 3.38. The third-order valence-corrected chi connectivity index (χ3v) is 5.71. The minimum absolute atomic E-state index is 0.421. The van der Waals surface area contributed by atoms with Crippen LogP contribution in [0.1, 0.15) is 5.56 Å². The van der Waals surface area contributed by atoms with Gasteiger partial charge in [-0.05, 0) is 35.9 Å². The van der Waals surface area contributed by atoms with Gasteiger partial charge in [0.2, 0.25) is 0 Å². The van der Waals surface area contributed by atoms with Crippen molar-refractivity contribution in [2.24, 2.45) is 0 Å². The lowest BCUT2D eigenvalue weighted by atomic mass is 10.1. The number of hydroxylamine groups is 1. The minimum atomic E-state index is 0.421. The Morgan fingerprint density at radius 1 is 1.06 bits per heavy atom. The van der Waals surface area contributed by atoms with Crippen molar-refractivity contribution >= 4 is 28.9 Å². The molecular formula is C26H26N6O2. The van der Waals surface area contributed by atoms with Crippen LogP contribution in [0, 0.1) is 0 Å². The fourth-order valence-corrected chi connectivity index (χ4v) is 3.87. The largest absolute Gasteiger partial charge is 0.378 e. The maximum atomic E-state index is 8.85. The van der Waals surface area contributed by atoms with Crippen molar-refractivity contribution < 1.29 is 9.94 Å². The van der Waals surface area contributed by atoms with Gasteiger partial charge in [-0.3, -0.25) is 10.7 Å². The summed E-state index contributed by atoms with van der Waals surface area (Å²) in [7, 11) is 0. The molecule has 172 valence electrons. The predicted octanol–water partition coefficient (Wildman–Crippen LogP) is 4.48. The Hall–Kier alpha value is -4.14. The summed E-state index contributed by atoms with van der Waals surface area (Å²) in [6.45, 7) is 7.02. The van der Waals surface area contributed by atoms with Crippen LogP contribution in [0.4, 0.5) is 17.2 Å². The first-order valence-electron chi connectivity index (χ1n) is 11.1. The Morgan fingerprint density at radius 3 is 2.56 bits per heavy atom. The first kappa shape index (κ1) is 21.7. The highest BCUT2D eigenvalue weighted by atomic mass is 16.5. The average molecular weight is 455 g/mol. The van der Waals surface area contributed by atoms with Crippen molar-refractivity contribution in [3.63, 3.8) is 0 Å². The Labute approximate surface area is 197 Å². The number of nitrogens with zero attached hydrogens (tertiary/aromatic N) is 4. The van der Waals surface area contributed by atoms with Gasteiger partial charge in [-0.15, -0.1) is 0 Å². The molecule has 3 N–H and O–H groups in total. The second kappa shape index (κ2) is 9.78. The van der Waals surface area contributed by atoms with Crippen LogP contribution in [0.2, 0.25) is 0 Å². The fraction of sp³-hybridized carbons (Fsp3) is 0.154. The molecule has 5 rings (SSSR count). The van der Waals surface area contributed by atoms with Crippen molar-refractivity contribution in [1.29, 1.82) is 0 Å². The summed E-state index contributed by atoms with van der Waals surface area (Å²) in [6.07, 6.45) is 9.23. The number of anilines is 3. The Balaban J connectivity index is 1.39. The van der Waals surface area contributed by atoms with E-state index in [2.05, 4.69) is 46.0 Å². The van der Waals surface area contributed by atoms with Crippen LogP contribution in [0.25, 0.3) is 23.0 Å². The Bertz CT molecular complexity index is 1310. The van der Waals surface area contributed by atoms with E-state index in [-0.39, 0.29) is 0 Å². The predicted molar refractivity (Wildman–Crippen MR) is 134 cm³/mol. The van der Waals surface area contributed by atoms with Crippen LogP contribution in [-0.4, -0.2) is 45.9 Å². The van der Waals surface area contributed by atoms with Gasteiger partial charge in [0.25, 0.3) is 0 Å². The lowest BCUT2D eigenvalue weighted by Crippen LogP contribution is -2.36. The highest BCUT2D eigenvalue weighted by Crippen LogP contribution is 2.26. The number of rotatable bonds is 7. The van der Waals surface area contributed by atoms with Crippen molar-refractivity contribution in [3.8, 4) is 11.3 Å². The molecule has 0 aliphatic carbocycles. The molecule has 1 aliphatic heterocycles. The van der Waals surface area contributed by atoms with Crippen LogP contribution in [0.15, 0.2) is 85.5 Å². The van der Waals surface area contributed by atoms with Gasteiger partial charge in [-0.2, -0.15) is 0 Å². The normalized spacial score (nSPS) is 14.0. The summed E-state index contributed by atoms with van der Waals surface area (Å²) < 4.78 is 7.42. The first-order chi connectivity index (χ1) is 16.7. The van der Waals surface area contributed by atoms with E-state index in [1.165, 1.54) is 5.69 Å². The maximum Gasteiger partial charge on any atom is 0.180 e. The number of morpholine rings is 1. The topological polar surface area (TPSA) is 87.0 Å².